The van der Waals surface area contributed by atoms with Crippen LogP contribution in [0.15, 0.2) is 60.7 Å². The summed E-state index contributed by atoms with van der Waals surface area (Å²) in [7, 11) is 0. The van der Waals surface area contributed by atoms with Gasteiger partial charge in [0.25, 0.3) is 0 Å². The third-order valence-electron chi connectivity index (χ3n) is 3.53. The minimum Gasteiger partial charge on any atom is -0.340 e. The van der Waals surface area contributed by atoms with Crippen LogP contribution in [0.5, 0.6) is 0 Å². The second-order valence-electron chi connectivity index (χ2n) is 4.80. The van der Waals surface area contributed by atoms with Crippen molar-refractivity contribution in [3.8, 4) is 11.1 Å². The van der Waals surface area contributed by atoms with Crippen molar-refractivity contribution in [3.63, 3.8) is 0 Å². The Kier molecular flexibility index (Phi) is 5.33. The zero-order chi connectivity index (χ0) is 15.1. The number of rotatable bonds is 5. The molecule has 2 nitrogen and oxygen atoms in total. The van der Waals surface area contributed by atoms with Crippen LogP contribution >= 0.6 is 0 Å². The van der Waals surface area contributed by atoms with Gasteiger partial charge in [-0.25, -0.2) is 0 Å². The van der Waals surface area contributed by atoms with Crippen LogP contribution in [0.4, 0.5) is 0 Å². The van der Waals surface area contributed by atoms with Gasteiger partial charge in [-0.1, -0.05) is 54.6 Å². The van der Waals surface area contributed by atoms with Gasteiger partial charge in [0.2, 0.25) is 5.91 Å². The average molecular weight is 279 g/mol. The maximum absolute atomic E-state index is 12.1. The number of hydrogen-bond acceptors (Lipinski definition) is 1. The van der Waals surface area contributed by atoms with E-state index in [0.717, 1.165) is 29.8 Å². The number of likely N-dealkylation sites (N-methyl/N-ethyl adjacent to an activating group) is 1. The van der Waals surface area contributed by atoms with E-state index < -0.39 is 0 Å². The fraction of sp³-hybridized carbons (Fsp3) is 0.211. The molecule has 0 aliphatic heterocycles. The Balaban J connectivity index is 2.27. The molecule has 1 amide bonds. The van der Waals surface area contributed by atoms with Gasteiger partial charge in [-0.3, -0.25) is 4.79 Å². The molecule has 0 atom stereocenters. The smallest absolute Gasteiger partial charge is 0.246 e. The molecule has 2 aromatic carbocycles. The SMILES string of the molecule is CCN(CC)C(=O)/C=C/c1ccccc1-c1ccccc1. The van der Waals surface area contributed by atoms with Crippen LogP contribution < -0.4 is 0 Å². The number of hydrogen-bond donors (Lipinski definition) is 0. The molecule has 0 aliphatic rings. The topological polar surface area (TPSA) is 20.3 Å². The first-order valence-electron chi connectivity index (χ1n) is 7.37. The molecule has 0 aromatic heterocycles. The first-order chi connectivity index (χ1) is 10.3. The van der Waals surface area contributed by atoms with E-state index in [1.807, 2.05) is 61.2 Å². The van der Waals surface area contributed by atoms with E-state index in [1.165, 1.54) is 0 Å². The molecule has 0 saturated carbocycles. The van der Waals surface area contributed by atoms with E-state index in [2.05, 4.69) is 18.2 Å². The van der Waals surface area contributed by atoms with Crippen LogP contribution in [0.1, 0.15) is 19.4 Å². The van der Waals surface area contributed by atoms with Gasteiger partial charge in [0.15, 0.2) is 0 Å². The van der Waals surface area contributed by atoms with Crippen molar-refractivity contribution in [2.24, 2.45) is 0 Å². The van der Waals surface area contributed by atoms with Gasteiger partial charge in [0, 0.05) is 19.2 Å². The van der Waals surface area contributed by atoms with Gasteiger partial charge < -0.3 is 4.90 Å². The Labute approximate surface area is 126 Å². The summed E-state index contributed by atoms with van der Waals surface area (Å²) < 4.78 is 0. The third kappa shape index (κ3) is 3.82. The number of nitrogens with zero attached hydrogens (tertiary/aromatic N) is 1. The van der Waals surface area contributed by atoms with Gasteiger partial charge in [-0.05, 0) is 36.6 Å². The molecule has 0 unspecified atom stereocenters. The predicted octanol–water partition coefficient (Wildman–Crippen LogP) is 4.24. The fourth-order valence-electron chi connectivity index (χ4n) is 2.32. The lowest BCUT2D eigenvalue weighted by molar-refractivity contribution is -0.125. The molecule has 21 heavy (non-hydrogen) atoms. The van der Waals surface area contributed by atoms with E-state index in [-0.39, 0.29) is 5.91 Å². The summed E-state index contributed by atoms with van der Waals surface area (Å²) >= 11 is 0. The Bertz CT molecular complexity index is 612. The molecule has 0 aliphatic carbocycles. The molecule has 2 rings (SSSR count). The van der Waals surface area contributed by atoms with Gasteiger partial charge >= 0.3 is 0 Å². The van der Waals surface area contributed by atoms with Crippen LogP contribution in [0.25, 0.3) is 17.2 Å². The molecule has 0 spiro atoms. The Hall–Kier alpha value is -2.35. The summed E-state index contributed by atoms with van der Waals surface area (Å²) in [6.45, 7) is 5.46. The maximum Gasteiger partial charge on any atom is 0.246 e. The van der Waals surface area contributed by atoms with Crippen molar-refractivity contribution < 1.29 is 4.79 Å². The molecule has 0 bridgehead atoms. The summed E-state index contributed by atoms with van der Waals surface area (Å²) in [5.74, 6) is 0.0582. The lowest BCUT2D eigenvalue weighted by Gasteiger charge is -2.16. The van der Waals surface area contributed by atoms with Crippen LogP contribution in [0.3, 0.4) is 0 Å². The van der Waals surface area contributed by atoms with Crippen molar-refractivity contribution >= 4 is 12.0 Å². The standard InChI is InChI=1S/C19H21NO/c1-3-20(4-2)19(21)15-14-17-12-8-9-13-18(17)16-10-6-5-7-11-16/h5-15H,3-4H2,1-2H3/b15-14+. The van der Waals surface area contributed by atoms with Gasteiger partial charge in [-0.2, -0.15) is 0 Å². The van der Waals surface area contributed by atoms with Crippen LogP contribution in [0.2, 0.25) is 0 Å². The van der Waals surface area contributed by atoms with Gasteiger partial charge in [0.05, 0.1) is 0 Å². The van der Waals surface area contributed by atoms with E-state index in [0.29, 0.717) is 0 Å². The highest BCUT2D eigenvalue weighted by molar-refractivity contribution is 5.93. The second-order valence-corrected chi connectivity index (χ2v) is 4.80. The van der Waals surface area contributed by atoms with Crippen molar-refractivity contribution in [1.82, 2.24) is 4.90 Å². The minimum absolute atomic E-state index is 0.0582. The monoisotopic (exact) mass is 279 g/mol. The molecule has 0 N–H and O–H groups in total. The molecule has 0 heterocycles. The molecule has 0 fully saturated rings. The summed E-state index contributed by atoms with van der Waals surface area (Å²) in [5, 5.41) is 0. The number of carbonyl (C=O) groups is 1. The fourth-order valence-corrected chi connectivity index (χ4v) is 2.32. The summed E-state index contributed by atoms with van der Waals surface area (Å²) in [6.07, 6.45) is 3.57. The lowest BCUT2D eigenvalue weighted by Crippen LogP contribution is -2.28. The molecular weight excluding hydrogens is 258 g/mol. The molecule has 0 saturated heterocycles. The van der Waals surface area contributed by atoms with E-state index in [4.69, 9.17) is 0 Å². The zero-order valence-electron chi connectivity index (χ0n) is 12.6. The number of benzene rings is 2. The van der Waals surface area contributed by atoms with E-state index in [9.17, 15) is 4.79 Å². The Morgan fingerprint density at radius 2 is 1.57 bits per heavy atom. The number of amides is 1. The largest absolute Gasteiger partial charge is 0.340 e. The van der Waals surface area contributed by atoms with E-state index in [1.54, 1.807) is 6.08 Å². The van der Waals surface area contributed by atoms with Crippen LogP contribution in [0, 0.1) is 0 Å². The number of carbonyl (C=O) groups excluding carboxylic acids is 1. The van der Waals surface area contributed by atoms with Crippen molar-refractivity contribution in [3.05, 3.63) is 66.2 Å². The first-order valence-corrected chi connectivity index (χ1v) is 7.37. The lowest BCUT2D eigenvalue weighted by atomic mass is 9.99. The quantitative estimate of drug-likeness (QED) is 0.750. The van der Waals surface area contributed by atoms with Gasteiger partial charge in [-0.15, -0.1) is 0 Å². The summed E-state index contributed by atoms with van der Waals surface area (Å²) in [6, 6.07) is 18.3. The highest BCUT2D eigenvalue weighted by Gasteiger charge is 2.06. The predicted molar refractivity (Wildman–Crippen MR) is 88.8 cm³/mol. The Morgan fingerprint density at radius 3 is 2.24 bits per heavy atom. The van der Waals surface area contributed by atoms with Crippen LogP contribution in [-0.2, 0) is 4.79 Å². The minimum atomic E-state index is 0.0582. The summed E-state index contributed by atoms with van der Waals surface area (Å²) in [4.78, 5) is 13.9. The van der Waals surface area contributed by atoms with Crippen molar-refractivity contribution in [2.45, 2.75) is 13.8 Å². The zero-order valence-corrected chi connectivity index (χ0v) is 12.6. The highest BCUT2D eigenvalue weighted by atomic mass is 16.2. The average Bonchev–Trinajstić information content (AvgIpc) is 2.55. The Morgan fingerprint density at radius 1 is 0.952 bits per heavy atom. The molecule has 2 aromatic rings. The molecule has 0 radical (unpaired) electrons. The summed E-state index contributed by atoms with van der Waals surface area (Å²) in [5.41, 5.74) is 3.36. The van der Waals surface area contributed by atoms with Crippen molar-refractivity contribution in [1.29, 1.82) is 0 Å². The van der Waals surface area contributed by atoms with Gasteiger partial charge in [0.1, 0.15) is 0 Å². The molecule has 2 heteroatoms. The van der Waals surface area contributed by atoms with Crippen LogP contribution in [-0.4, -0.2) is 23.9 Å². The maximum atomic E-state index is 12.1. The first kappa shape index (κ1) is 15.0. The molecule has 108 valence electrons. The van der Waals surface area contributed by atoms with Crippen molar-refractivity contribution in [2.75, 3.05) is 13.1 Å². The van der Waals surface area contributed by atoms with E-state index >= 15 is 0 Å². The second kappa shape index (κ2) is 7.44. The highest BCUT2D eigenvalue weighted by Crippen LogP contribution is 2.24. The molecular formula is C19H21NO. The normalized spacial score (nSPS) is 10.8. The third-order valence-corrected chi connectivity index (χ3v) is 3.53.